The standard InChI is InChI=1S/C11H13F2NO2/c1-7(15)11(12,13)9-4-2-8(3-5-9)6-10(14)16/h2-5,7,15H,6H2,1H3,(H2,14,16). The Morgan fingerprint density at radius 2 is 1.94 bits per heavy atom. The van der Waals surface area contributed by atoms with Gasteiger partial charge in [0.15, 0.2) is 0 Å². The molecule has 0 fully saturated rings. The van der Waals surface area contributed by atoms with Crippen molar-refractivity contribution in [1.82, 2.24) is 0 Å². The van der Waals surface area contributed by atoms with E-state index < -0.39 is 17.9 Å². The molecule has 88 valence electrons. The van der Waals surface area contributed by atoms with Gasteiger partial charge in [-0.25, -0.2) is 0 Å². The first-order chi connectivity index (χ1) is 7.34. The van der Waals surface area contributed by atoms with Crippen molar-refractivity contribution in [1.29, 1.82) is 0 Å². The number of carbonyl (C=O) groups is 1. The van der Waals surface area contributed by atoms with Crippen LogP contribution in [0.3, 0.4) is 0 Å². The number of hydrogen-bond acceptors (Lipinski definition) is 2. The van der Waals surface area contributed by atoms with Gasteiger partial charge in [0.05, 0.1) is 6.42 Å². The van der Waals surface area contributed by atoms with Crippen LogP contribution in [0.2, 0.25) is 0 Å². The maximum absolute atomic E-state index is 13.3. The third-order valence-corrected chi connectivity index (χ3v) is 2.24. The average Bonchev–Trinajstić information content (AvgIpc) is 2.17. The van der Waals surface area contributed by atoms with Crippen molar-refractivity contribution in [2.45, 2.75) is 25.4 Å². The first-order valence-electron chi connectivity index (χ1n) is 4.77. The molecule has 5 heteroatoms. The fourth-order valence-corrected chi connectivity index (χ4v) is 1.29. The van der Waals surface area contributed by atoms with Crippen molar-refractivity contribution in [3.05, 3.63) is 35.4 Å². The number of alkyl halides is 2. The summed E-state index contributed by atoms with van der Waals surface area (Å²) in [6.07, 6.45) is -1.74. The van der Waals surface area contributed by atoms with E-state index >= 15 is 0 Å². The highest BCUT2D eigenvalue weighted by Crippen LogP contribution is 2.31. The van der Waals surface area contributed by atoms with Crippen LogP contribution in [0.5, 0.6) is 0 Å². The molecule has 1 atom stereocenters. The summed E-state index contributed by atoms with van der Waals surface area (Å²) in [5.74, 6) is -3.80. The van der Waals surface area contributed by atoms with Crippen LogP contribution < -0.4 is 5.73 Å². The minimum absolute atomic E-state index is 0.0144. The highest BCUT2D eigenvalue weighted by Gasteiger charge is 2.37. The molecule has 0 bridgehead atoms. The molecule has 0 spiro atoms. The van der Waals surface area contributed by atoms with E-state index in [-0.39, 0.29) is 12.0 Å². The number of nitrogens with two attached hydrogens (primary N) is 1. The quantitative estimate of drug-likeness (QED) is 0.814. The molecule has 0 aliphatic heterocycles. The Morgan fingerprint density at radius 1 is 1.44 bits per heavy atom. The van der Waals surface area contributed by atoms with E-state index in [1.54, 1.807) is 0 Å². The zero-order valence-electron chi connectivity index (χ0n) is 8.78. The van der Waals surface area contributed by atoms with Gasteiger partial charge in [-0.05, 0) is 12.5 Å². The molecule has 1 amide bonds. The van der Waals surface area contributed by atoms with E-state index in [0.29, 0.717) is 5.56 Å². The van der Waals surface area contributed by atoms with Gasteiger partial charge in [0, 0.05) is 5.56 Å². The average molecular weight is 229 g/mol. The Bertz CT molecular complexity index is 374. The molecular formula is C11H13F2NO2. The smallest absolute Gasteiger partial charge is 0.298 e. The van der Waals surface area contributed by atoms with Crippen molar-refractivity contribution >= 4 is 5.91 Å². The summed E-state index contributed by atoms with van der Waals surface area (Å²) in [6.45, 7) is 1.03. The van der Waals surface area contributed by atoms with E-state index in [2.05, 4.69) is 0 Å². The molecule has 0 aliphatic carbocycles. The summed E-state index contributed by atoms with van der Waals surface area (Å²) < 4.78 is 26.7. The summed E-state index contributed by atoms with van der Waals surface area (Å²) in [6, 6.07) is 5.17. The van der Waals surface area contributed by atoms with Crippen molar-refractivity contribution in [3.8, 4) is 0 Å². The SMILES string of the molecule is CC(O)C(F)(F)c1ccc(CC(N)=O)cc1. The lowest BCUT2D eigenvalue weighted by Gasteiger charge is -2.19. The van der Waals surface area contributed by atoms with E-state index in [0.717, 1.165) is 6.92 Å². The van der Waals surface area contributed by atoms with Crippen LogP contribution in [0, 0.1) is 0 Å². The molecule has 1 unspecified atom stereocenters. The van der Waals surface area contributed by atoms with Crippen LogP contribution in [-0.4, -0.2) is 17.1 Å². The highest BCUT2D eigenvalue weighted by atomic mass is 19.3. The van der Waals surface area contributed by atoms with Gasteiger partial charge in [0.2, 0.25) is 5.91 Å². The third-order valence-electron chi connectivity index (χ3n) is 2.24. The second-order valence-electron chi connectivity index (χ2n) is 3.64. The Kier molecular flexibility index (Phi) is 3.59. The first-order valence-corrected chi connectivity index (χ1v) is 4.77. The summed E-state index contributed by atoms with van der Waals surface area (Å²) in [5, 5.41) is 8.92. The van der Waals surface area contributed by atoms with E-state index in [9.17, 15) is 13.6 Å². The molecule has 3 N–H and O–H groups in total. The van der Waals surface area contributed by atoms with Gasteiger partial charge in [0.25, 0.3) is 5.92 Å². The number of rotatable bonds is 4. The van der Waals surface area contributed by atoms with Crippen LogP contribution in [0.15, 0.2) is 24.3 Å². The first kappa shape index (κ1) is 12.6. The van der Waals surface area contributed by atoms with Gasteiger partial charge in [-0.3, -0.25) is 4.79 Å². The van der Waals surface area contributed by atoms with Gasteiger partial charge < -0.3 is 10.8 Å². The Morgan fingerprint density at radius 3 is 2.31 bits per heavy atom. The lowest BCUT2D eigenvalue weighted by Crippen LogP contribution is -2.27. The van der Waals surface area contributed by atoms with Gasteiger partial charge in [-0.2, -0.15) is 8.78 Å². The summed E-state index contributed by atoms with van der Waals surface area (Å²) in [5.41, 5.74) is 5.25. The fourth-order valence-electron chi connectivity index (χ4n) is 1.29. The van der Waals surface area contributed by atoms with Crippen molar-refractivity contribution in [2.75, 3.05) is 0 Å². The number of aliphatic hydroxyl groups excluding tert-OH is 1. The van der Waals surface area contributed by atoms with Crippen molar-refractivity contribution < 1.29 is 18.7 Å². The van der Waals surface area contributed by atoms with Gasteiger partial charge in [-0.15, -0.1) is 0 Å². The normalized spacial score (nSPS) is 13.5. The number of amides is 1. The maximum atomic E-state index is 13.3. The molecule has 0 saturated heterocycles. The molecule has 0 aliphatic rings. The largest absolute Gasteiger partial charge is 0.387 e. The van der Waals surface area contributed by atoms with Gasteiger partial charge in [-0.1, -0.05) is 24.3 Å². The minimum atomic E-state index is -3.29. The predicted octanol–water partition coefficient (Wildman–Crippen LogP) is 1.19. The number of carbonyl (C=O) groups excluding carboxylic acids is 1. The number of halogens is 2. The number of aliphatic hydroxyl groups is 1. The maximum Gasteiger partial charge on any atom is 0.298 e. The lowest BCUT2D eigenvalue weighted by atomic mass is 10.0. The van der Waals surface area contributed by atoms with E-state index in [1.165, 1.54) is 24.3 Å². The lowest BCUT2D eigenvalue weighted by molar-refractivity contribution is -0.117. The molecule has 0 saturated carbocycles. The zero-order chi connectivity index (χ0) is 12.3. The zero-order valence-corrected chi connectivity index (χ0v) is 8.78. The number of benzene rings is 1. The minimum Gasteiger partial charge on any atom is -0.387 e. The summed E-state index contributed by atoms with van der Waals surface area (Å²) in [4.78, 5) is 10.6. The van der Waals surface area contributed by atoms with Crippen LogP contribution in [-0.2, 0) is 17.1 Å². The topological polar surface area (TPSA) is 63.3 Å². The number of primary amides is 1. The summed E-state index contributed by atoms with van der Waals surface area (Å²) >= 11 is 0. The van der Waals surface area contributed by atoms with E-state index in [1.807, 2.05) is 0 Å². The molecule has 16 heavy (non-hydrogen) atoms. The fraction of sp³-hybridized carbons (Fsp3) is 0.364. The summed E-state index contributed by atoms with van der Waals surface area (Å²) in [7, 11) is 0. The van der Waals surface area contributed by atoms with Crippen LogP contribution in [0.4, 0.5) is 8.78 Å². The molecule has 0 aromatic heterocycles. The number of hydrogen-bond donors (Lipinski definition) is 2. The second-order valence-corrected chi connectivity index (χ2v) is 3.64. The Hall–Kier alpha value is -1.49. The molecule has 1 aromatic carbocycles. The predicted molar refractivity (Wildman–Crippen MR) is 54.9 cm³/mol. The van der Waals surface area contributed by atoms with Crippen LogP contribution >= 0.6 is 0 Å². The highest BCUT2D eigenvalue weighted by molar-refractivity contribution is 5.76. The Balaban J connectivity index is 2.90. The second kappa shape index (κ2) is 4.57. The Labute approximate surface area is 91.9 Å². The van der Waals surface area contributed by atoms with Crippen LogP contribution in [0.25, 0.3) is 0 Å². The van der Waals surface area contributed by atoms with Crippen molar-refractivity contribution in [3.63, 3.8) is 0 Å². The molecule has 0 radical (unpaired) electrons. The monoisotopic (exact) mass is 229 g/mol. The van der Waals surface area contributed by atoms with Gasteiger partial charge >= 0.3 is 0 Å². The van der Waals surface area contributed by atoms with Gasteiger partial charge in [0.1, 0.15) is 6.10 Å². The van der Waals surface area contributed by atoms with Crippen molar-refractivity contribution in [2.24, 2.45) is 5.73 Å². The molecule has 0 heterocycles. The van der Waals surface area contributed by atoms with Crippen LogP contribution in [0.1, 0.15) is 18.1 Å². The molecule has 1 aromatic rings. The molecular weight excluding hydrogens is 216 g/mol. The third kappa shape index (κ3) is 2.76. The van der Waals surface area contributed by atoms with E-state index in [4.69, 9.17) is 10.8 Å². The molecule has 3 nitrogen and oxygen atoms in total. The molecule has 1 rings (SSSR count).